The van der Waals surface area contributed by atoms with Gasteiger partial charge in [-0.25, -0.2) is 8.42 Å². The number of rotatable bonds is 10. The number of sulfonamides is 1. The summed E-state index contributed by atoms with van der Waals surface area (Å²) < 4.78 is 31.6. The highest BCUT2D eigenvalue weighted by atomic mass is 32.2. The highest BCUT2D eigenvalue weighted by Crippen LogP contribution is 2.28. The smallest absolute Gasteiger partial charge is 0.311 e. The number of aliphatic hydroxyl groups is 1. The van der Waals surface area contributed by atoms with Crippen molar-refractivity contribution in [2.45, 2.75) is 39.0 Å². The number of Topliss-reactive ketones (excluding diaryl/α,β-unsaturated/α-hetero) is 1. The van der Waals surface area contributed by atoms with E-state index in [2.05, 4.69) is 0 Å². The minimum Gasteiger partial charge on any atom is -0.508 e. The molecule has 180 valence electrons. The number of ether oxygens (including phenoxy) is 1. The summed E-state index contributed by atoms with van der Waals surface area (Å²) in [5.74, 6) is -2.87. The molecule has 1 heterocycles. The van der Waals surface area contributed by atoms with E-state index in [-0.39, 0.29) is 35.1 Å². The molecule has 1 atom stereocenters. The Morgan fingerprint density at radius 2 is 1.76 bits per heavy atom. The zero-order chi connectivity index (χ0) is 24.9. The van der Waals surface area contributed by atoms with Gasteiger partial charge in [-0.3, -0.25) is 14.4 Å². The number of aliphatic hydroxyl groups excluding tert-OH is 1. The Labute approximate surface area is 193 Å². The monoisotopic (exact) mass is 479 g/mol. The number of benzene rings is 1. The van der Waals surface area contributed by atoms with Gasteiger partial charge in [-0.15, -0.1) is 0 Å². The number of nitrogens with zero attached hydrogens (tertiary/aromatic N) is 2. The van der Waals surface area contributed by atoms with Crippen LogP contribution < -0.4 is 4.90 Å². The van der Waals surface area contributed by atoms with Crippen LogP contribution in [0.25, 0.3) is 0 Å². The van der Waals surface area contributed by atoms with E-state index in [0.717, 1.165) is 0 Å². The number of anilines is 1. The summed E-state index contributed by atoms with van der Waals surface area (Å²) in [7, 11) is -3.63. The van der Waals surface area contributed by atoms with Crippen LogP contribution in [-0.4, -0.2) is 67.4 Å². The average Bonchev–Trinajstić information content (AvgIpc) is 3.14. The molecule has 1 saturated heterocycles. The van der Waals surface area contributed by atoms with Gasteiger partial charge in [0.1, 0.15) is 12.4 Å². The van der Waals surface area contributed by atoms with Gasteiger partial charge in [-0.2, -0.15) is 4.31 Å². The van der Waals surface area contributed by atoms with Crippen molar-refractivity contribution in [2.75, 3.05) is 31.1 Å². The van der Waals surface area contributed by atoms with Gasteiger partial charge < -0.3 is 20.2 Å². The third-order valence-electron chi connectivity index (χ3n) is 5.32. The third-order valence-corrected chi connectivity index (χ3v) is 7.38. The van der Waals surface area contributed by atoms with Crippen LogP contribution in [0.4, 0.5) is 5.69 Å². The van der Waals surface area contributed by atoms with E-state index >= 15 is 0 Å². The van der Waals surface area contributed by atoms with Crippen LogP contribution in [0.15, 0.2) is 40.5 Å². The molecule has 11 heteroatoms. The quantitative estimate of drug-likeness (QED) is 0.226. The number of carbonyl (C=O) groups is 3. The Morgan fingerprint density at radius 1 is 1.18 bits per heavy atom. The Kier molecular flexibility index (Phi) is 8.51. The van der Waals surface area contributed by atoms with Crippen LogP contribution in [0.1, 0.15) is 34.1 Å². The molecule has 1 aliphatic heterocycles. The summed E-state index contributed by atoms with van der Waals surface area (Å²) >= 11 is 0. The summed E-state index contributed by atoms with van der Waals surface area (Å²) in [5, 5.41) is 17.5. The number of nitrogens with one attached hydrogen (secondary N) is 1. The molecule has 2 rings (SSSR count). The van der Waals surface area contributed by atoms with E-state index in [1.54, 1.807) is 13.8 Å². The molecular weight excluding hydrogens is 450 g/mol. The van der Waals surface area contributed by atoms with Gasteiger partial charge in [0.15, 0.2) is 5.78 Å². The van der Waals surface area contributed by atoms with E-state index in [1.165, 1.54) is 47.3 Å². The lowest BCUT2D eigenvalue weighted by Gasteiger charge is -2.20. The van der Waals surface area contributed by atoms with E-state index in [0.29, 0.717) is 18.8 Å². The molecule has 0 bridgehead atoms. The van der Waals surface area contributed by atoms with Gasteiger partial charge >= 0.3 is 5.97 Å². The molecule has 1 aromatic rings. The van der Waals surface area contributed by atoms with Crippen molar-refractivity contribution in [1.29, 1.82) is 5.41 Å². The predicted molar refractivity (Wildman–Crippen MR) is 122 cm³/mol. The van der Waals surface area contributed by atoms with Crippen molar-refractivity contribution in [1.82, 2.24) is 4.31 Å². The van der Waals surface area contributed by atoms with Crippen LogP contribution in [0.3, 0.4) is 0 Å². The topological polar surface area (TPSA) is 145 Å². The number of ketones is 1. The molecule has 0 saturated carbocycles. The SMILES string of the molecule is CCN(CC)S(=O)(=O)c1ccc(N2CC(C(=O)OC/C(O)=C(\C(C)=N)C(C)=O)CC2=O)cc1. The summed E-state index contributed by atoms with van der Waals surface area (Å²) in [6, 6.07) is 5.88. The summed E-state index contributed by atoms with van der Waals surface area (Å²) in [4.78, 5) is 37.9. The predicted octanol–water partition coefficient (Wildman–Crippen LogP) is 2.05. The number of hydrogen-bond acceptors (Lipinski definition) is 8. The Morgan fingerprint density at radius 3 is 2.24 bits per heavy atom. The first-order valence-electron chi connectivity index (χ1n) is 10.5. The summed E-state index contributed by atoms with van der Waals surface area (Å²) in [6.07, 6.45) is -0.105. The molecule has 0 aromatic heterocycles. The Hall–Kier alpha value is -3.05. The molecule has 0 aliphatic carbocycles. The molecule has 10 nitrogen and oxygen atoms in total. The van der Waals surface area contributed by atoms with Crippen LogP contribution >= 0.6 is 0 Å². The largest absolute Gasteiger partial charge is 0.508 e. The van der Waals surface area contributed by atoms with E-state index in [9.17, 15) is 27.9 Å². The molecular formula is C22H29N3O7S. The fourth-order valence-corrected chi connectivity index (χ4v) is 5.10. The fourth-order valence-electron chi connectivity index (χ4n) is 3.64. The van der Waals surface area contributed by atoms with Gasteiger partial charge in [-0.05, 0) is 38.1 Å². The Bertz CT molecular complexity index is 1060. The summed E-state index contributed by atoms with van der Waals surface area (Å²) in [5.41, 5.74) is 0.0891. The number of hydrogen-bond donors (Lipinski definition) is 2. The van der Waals surface area contributed by atoms with E-state index < -0.39 is 40.1 Å². The first-order chi connectivity index (χ1) is 15.4. The standard InChI is InChI=1S/C22H29N3O7S/c1-5-24(6-2)33(30,31)18-9-7-17(8-10-18)25-12-16(11-20(25)28)22(29)32-13-19(27)21(14(3)23)15(4)26/h7-10,16,23,27H,5-6,11-13H2,1-4H3/b21-19-,23-14?. The van der Waals surface area contributed by atoms with Gasteiger partial charge in [0, 0.05) is 37.5 Å². The van der Waals surface area contributed by atoms with Crippen LogP contribution in [0, 0.1) is 11.3 Å². The van der Waals surface area contributed by atoms with Crippen LogP contribution in [-0.2, 0) is 29.1 Å². The van der Waals surface area contributed by atoms with Crippen molar-refractivity contribution in [3.05, 3.63) is 35.6 Å². The number of amides is 1. The number of esters is 1. The van der Waals surface area contributed by atoms with Gasteiger partial charge in [-0.1, -0.05) is 13.8 Å². The molecule has 33 heavy (non-hydrogen) atoms. The molecule has 1 aromatic carbocycles. The van der Waals surface area contributed by atoms with Crippen molar-refractivity contribution in [2.24, 2.45) is 5.92 Å². The zero-order valence-electron chi connectivity index (χ0n) is 19.1. The molecule has 1 fully saturated rings. The highest BCUT2D eigenvalue weighted by molar-refractivity contribution is 7.89. The second-order valence-electron chi connectivity index (χ2n) is 7.60. The highest BCUT2D eigenvalue weighted by Gasteiger charge is 2.36. The Balaban J connectivity index is 2.09. The lowest BCUT2D eigenvalue weighted by Crippen LogP contribution is -2.30. The minimum absolute atomic E-state index is 0.0352. The van der Waals surface area contributed by atoms with Crippen molar-refractivity contribution in [3.8, 4) is 0 Å². The first-order valence-corrected chi connectivity index (χ1v) is 11.9. The third kappa shape index (κ3) is 5.85. The molecule has 1 aliphatic rings. The van der Waals surface area contributed by atoms with Gasteiger partial charge in [0.2, 0.25) is 15.9 Å². The maximum atomic E-state index is 12.6. The lowest BCUT2D eigenvalue weighted by molar-refractivity contribution is -0.148. The second kappa shape index (κ2) is 10.7. The second-order valence-corrected chi connectivity index (χ2v) is 9.54. The van der Waals surface area contributed by atoms with Gasteiger partial charge in [0.25, 0.3) is 0 Å². The van der Waals surface area contributed by atoms with E-state index in [4.69, 9.17) is 10.1 Å². The maximum Gasteiger partial charge on any atom is 0.311 e. The lowest BCUT2D eigenvalue weighted by atomic mass is 10.1. The molecule has 1 unspecified atom stereocenters. The van der Waals surface area contributed by atoms with Crippen molar-refractivity contribution < 1.29 is 32.6 Å². The van der Waals surface area contributed by atoms with Crippen LogP contribution in [0.5, 0.6) is 0 Å². The maximum absolute atomic E-state index is 12.6. The molecule has 0 radical (unpaired) electrons. The zero-order valence-corrected chi connectivity index (χ0v) is 19.9. The molecule has 1 amide bonds. The van der Waals surface area contributed by atoms with Crippen molar-refractivity contribution in [3.63, 3.8) is 0 Å². The fraction of sp³-hybridized carbons (Fsp3) is 0.455. The summed E-state index contributed by atoms with van der Waals surface area (Å²) in [6.45, 7) is 6.17. The number of allylic oxidation sites excluding steroid dienone is 1. The average molecular weight is 480 g/mol. The normalized spacial score (nSPS) is 17.2. The minimum atomic E-state index is -3.63. The van der Waals surface area contributed by atoms with Crippen LogP contribution in [0.2, 0.25) is 0 Å². The van der Waals surface area contributed by atoms with Crippen molar-refractivity contribution >= 4 is 39.1 Å². The molecule has 2 N–H and O–H groups in total. The molecule has 0 spiro atoms. The number of carbonyl (C=O) groups excluding carboxylic acids is 3. The van der Waals surface area contributed by atoms with Gasteiger partial charge in [0.05, 0.1) is 16.4 Å². The first kappa shape index (κ1) is 26.2. The van der Waals surface area contributed by atoms with E-state index in [1.807, 2.05) is 0 Å².